The molecule has 4 rings (SSSR count). The lowest BCUT2D eigenvalue weighted by atomic mass is 9.95. The molecule has 0 atom stereocenters. The quantitative estimate of drug-likeness (QED) is 0.769. The molecule has 0 saturated heterocycles. The van der Waals surface area contributed by atoms with Crippen LogP contribution in [0.1, 0.15) is 37.8 Å². The molecule has 0 radical (unpaired) electrons. The Morgan fingerprint density at radius 3 is 2.67 bits per heavy atom. The number of benzene rings is 1. The number of nitrogens with one attached hydrogen (secondary N) is 1. The number of rotatable bonds is 4. The monoisotopic (exact) mass is 365 g/mol. The predicted molar refractivity (Wildman–Crippen MR) is 103 cm³/mol. The average molecular weight is 365 g/mol. The molecule has 27 heavy (non-hydrogen) atoms. The first kappa shape index (κ1) is 17.5. The highest BCUT2D eigenvalue weighted by Crippen LogP contribution is 2.18. The van der Waals surface area contributed by atoms with Gasteiger partial charge in [-0.1, -0.05) is 37.5 Å². The van der Waals surface area contributed by atoms with Crippen molar-refractivity contribution in [3.8, 4) is 5.69 Å². The van der Waals surface area contributed by atoms with E-state index < -0.39 is 0 Å². The fraction of sp³-hybridized carbons (Fsp3) is 0.400. The number of aryl methyl sites for hydroxylation is 1. The van der Waals surface area contributed by atoms with Gasteiger partial charge in [-0.15, -0.1) is 0 Å². The van der Waals surface area contributed by atoms with Gasteiger partial charge in [-0.25, -0.2) is 9.36 Å². The van der Waals surface area contributed by atoms with E-state index in [0.717, 1.165) is 31.4 Å². The molecule has 1 N–H and O–H groups in total. The number of para-hydroxylation sites is 1. The lowest BCUT2D eigenvalue weighted by molar-refractivity contribution is -0.122. The minimum Gasteiger partial charge on any atom is -0.352 e. The third-order valence-corrected chi connectivity index (χ3v) is 5.13. The van der Waals surface area contributed by atoms with Gasteiger partial charge in [0, 0.05) is 11.4 Å². The largest absolute Gasteiger partial charge is 0.352 e. The van der Waals surface area contributed by atoms with Crippen LogP contribution in [-0.4, -0.2) is 31.5 Å². The van der Waals surface area contributed by atoms with Gasteiger partial charge in [0.2, 0.25) is 5.91 Å². The van der Waals surface area contributed by atoms with Crippen LogP contribution in [-0.2, 0) is 11.3 Å². The first-order valence-electron chi connectivity index (χ1n) is 9.44. The smallest absolute Gasteiger partial charge is 0.293 e. The fourth-order valence-electron chi connectivity index (χ4n) is 3.75. The van der Waals surface area contributed by atoms with Crippen LogP contribution in [0.4, 0.5) is 0 Å². The summed E-state index contributed by atoms with van der Waals surface area (Å²) < 4.78 is 2.86. The molecule has 7 nitrogen and oxygen atoms in total. The Hall–Kier alpha value is -2.96. The normalized spacial score (nSPS) is 15.1. The van der Waals surface area contributed by atoms with Crippen molar-refractivity contribution in [3.05, 3.63) is 52.6 Å². The van der Waals surface area contributed by atoms with Crippen molar-refractivity contribution in [2.24, 2.45) is 0 Å². The molecule has 1 aliphatic carbocycles. The molecular weight excluding hydrogens is 342 g/mol. The molecule has 0 spiro atoms. The van der Waals surface area contributed by atoms with E-state index in [1.807, 2.05) is 37.3 Å². The Morgan fingerprint density at radius 2 is 1.93 bits per heavy atom. The van der Waals surface area contributed by atoms with E-state index >= 15 is 0 Å². The highest BCUT2D eigenvalue weighted by Gasteiger charge is 2.19. The van der Waals surface area contributed by atoms with Crippen LogP contribution in [0.25, 0.3) is 16.6 Å². The second-order valence-electron chi connectivity index (χ2n) is 7.10. The van der Waals surface area contributed by atoms with Gasteiger partial charge < -0.3 is 5.32 Å². The fourth-order valence-corrected chi connectivity index (χ4v) is 3.75. The third-order valence-electron chi connectivity index (χ3n) is 5.13. The van der Waals surface area contributed by atoms with Gasteiger partial charge in [-0.05, 0) is 31.9 Å². The molecule has 7 heteroatoms. The molecule has 1 saturated carbocycles. The zero-order chi connectivity index (χ0) is 18.8. The molecule has 140 valence electrons. The molecule has 0 aliphatic heterocycles. The molecule has 3 aromatic rings. The van der Waals surface area contributed by atoms with Gasteiger partial charge in [-0.3, -0.25) is 9.59 Å². The van der Waals surface area contributed by atoms with E-state index in [1.54, 1.807) is 10.9 Å². The number of carbonyl (C=O) groups is 1. The summed E-state index contributed by atoms with van der Waals surface area (Å²) in [6, 6.07) is 9.70. The molecule has 1 aliphatic rings. The maximum absolute atomic E-state index is 13.0. The van der Waals surface area contributed by atoms with E-state index in [4.69, 9.17) is 0 Å². The number of carbonyl (C=O) groups excluding carboxylic acids is 1. The Morgan fingerprint density at radius 1 is 1.19 bits per heavy atom. The first-order chi connectivity index (χ1) is 13.1. The highest BCUT2D eigenvalue weighted by atomic mass is 16.2. The molecule has 0 bridgehead atoms. The molecule has 0 unspecified atom stereocenters. The summed E-state index contributed by atoms with van der Waals surface area (Å²) in [5, 5.41) is 12.4. The van der Waals surface area contributed by atoms with Crippen molar-refractivity contribution in [3.63, 3.8) is 0 Å². The van der Waals surface area contributed by atoms with Gasteiger partial charge in [-0.2, -0.15) is 10.2 Å². The van der Waals surface area contributed by atoms with Crippen LogP contribution in [0.5, 0.6) is 0 Å². The topological polar surface area (TPSA) is 81.8 Å². The van der Waals surface area contributed by atoms with Crippen LogP contribution in [0.2, 0.25) is 0 Å². The number of nitrogens with zero attached hydrogens (tertiary/aromatic N) is 4. The maximum atomic E-state index is 13.0. The highest BCUT2D eigenvalue weighted by molar-refractivity contribution is 5.82. The molecular formula is C20H23N5O2. The standard InChI is InChI=1S/C20H23N5O2/c1-14-17-12-21-25(16-10-6-3-7-11-16)19(17)20(27)24(23-14)13-18(26)22-15-8-4-2-5-9-15/h3,6-7,10-12,15H,2,4-5,8-9,13H2,1H3,(H,22,26). The zero-order valence-electron chi connectivity index (χ0n) is 15.4. The molecule has 1 fully saturated rings. The van der Waals surface area contributed by atoms with E-state index in [9.17, 15) is 9.59 Å². The van der Waals surface area contributed by atoms with Crippen molar-refractivity contribution in [1.82, 2.24) is 24.9 Å². The number of aromatic nitrogens is 4. The minimum absolute atomic E-state index is 0.0773. The van der Waals surface area contributed by atoms with Crippen molar-refractivity contribution in [1.29, 1.82) is 0 Å². The summed E-state index contributed by atoms with van der Waals surface area (Å²) in [4.78, 5) is 25.5. The lowest BCUT2D eigenvalue weighted by Gasteiger charge is -2.22. The summed E-state index contributed by atoms with van der Waals surface area (Å²) in [5.74, 6) is -0.166. The minimum atomic E-state index is -0.309. The Bertz CT molecular complexity index is 1020. The number of hydrogen-bond acceptors (Lipinski definition) is 4. The van der Waals surface area contributed by atoms with Gasteiger partial charge in [0.15, 0.2) is 0 Å². The van der Waals surface area contributed by atoms with Crippen LogP contribution >= 0.6 is 0 Å². The SMILES string of the molecule is Cc1nn(CC(=O)NC2CCCCC2)c(=O)c2c1cnn2-c1ccccc1. The Labute approximate surface area is 157 Å². The van der Waals surface area contributed by atoms with Crippen LogP contribution < -0.4 is 10.9 Å². The van der Waals surface area contributed by atoms with Gasteiger partial charge in [0.25, 0.3) is 5.56 Å². The lowest BCUT2D eigenvalue weighted by Crippen LogP contribution is -2.40. The average Bonchev–Trinajstić information content (AvgIpc) is 3.13. The Kier molecular flexibility index (Phi) is 4.75. The van der Waals surface area contributed by atoms with Gasteiger partial charge in [0.05, 0.1) is 17.6 Å². The van der Waals surface area contributed by atoms with Crippen LogP contribution in [0, 0.1) is 6.92 Å². The number of hydrogen-bond donors (Lipinski definition) is 1. The van der Waals surface area contributed by atoms with Gasteiger partial charge >= 0.3 is 0 Å². The van der Waals surface area contributed by atoms with Gasteiger partial charge in [0.1, 0.15) is 12.1 Å². The van der Waals surface area contributed by atoms with Crippen LogP contribution in [0.15, 0.2) is 41.3 Å². The van der Waals surface area contributed by atoms with E-state index in [-0.39, 0.29) is 24.1 Å². The summed E-state index contributed by atoms with van der Waals surface area (Å²) in [6.07, 6.45) is 7.18. The van der Waals surface area contributed by atoms with Crippen LogP contribution in [0.3, 0.4) is 0 Å². The summed E-state index contributed by atoms with van der Waals surface area (Å²) in [6.45, 7) is 1.75. The van der Waals surface area contributed by atoms with E-state index in [2.05, 4.69) is 15.5 Å². The predicted octanol–water partition coefficient (Wildman–Crippen LogP) is 2.34. The summed E-state index contributed by atoms with van der Waals surface area (Å²) >= 11 is 0. The summed E-state index contributed by atoms with van der Waals surface area (Å²) in [7, 11) is 0. The van der Waals surface area contributed by atoms with Crippen molar-refractivity contribution >= 4 is 16.8 Å². The molecule has 1 aromatic carbocycles. The maximum Gasteiger partial charge on any atom is 0.293 e. The third kappa shape index (κ3) is 3.49. The molecule has 2 aromatic heterocycles. The molecule has 1 amide bonds. The second-order valence-corrected chi connectivity index (χ2v) is 7.10. The van der Waals surface area contributed by atoms with Crippen molar-refractivity contribution in [2.75, 3.05) is 0 Å². The Balaban J connectivity index is 1.66. The summed E-state index contributed by atoms with van der Waals surface area (Å²) in [5.41, 5.74) is 1.61. The number of fused-ring (bicyclic) bond motifs is 1. The molecule has 2 heterocycles. The zero-order valence-corrected chi connectivity index (χ0v) is 15.4. The van der Waals surface area contributed by atoms with E-state index in [0.29, 0.717) is 16.6 Å². The second kappa shape index (κ2) is 7.34. The number of amides is 1. The van der Waals surface area contributed by atoms with Crippen molar-refractivity contribution in [2.45, 2.75) is 51.6 Å². The first-order valence-corrected chi connectivity index (χ1v) is 9.44. The van der Waals surface area contributed by atoms with Crippen molar-refractivity contribution < 1.29 is 4.79 Å². The van der Waals surface area contributed by atoms with E-state index in [1.165, 1.54) is 11.1 Å².